The number of carbonyl (C=O) groups is 1. The second kappa shape index (κ2) is 4.40. The SMILES string of the molecule is Cc1ccc([C@H]2COC(=O)N2)c(O)c1.Cl. The number of benzene rings is 1. The van der Waals surface area contributed by atoms with Crippen LogP contribution in [-0.4, -0.2) is 17.8 Å². The van der Waals surface area contributed by atoms with Crippen LogP contribution in [0.5, 0.6) is 5.75 Å². The minimum Gasteiger partial charge on any atom is -0.508 e. The number of cyclic esters (lactones) is 1. The van der Waals surface area contributed by atoms with Crippen LogP contribution in [0.1, 0.15) is 17.2 Å². The molecule has 0 spiro atoms. The van der Waals surface area contributed by atoms with Crippen molar-refractivity contribution in [2.45, 2.75) is 13.0 Å². The van der Waals surface area contributed by atoms with Crippen molar-refractivity contribution in [1.82, 2.24) is 5.32 Å². The quantitative estimate of drug-likeness (QED) is 0.773. The van der Waals surface area contributed by atoms with Crippen molar-refractivity contribution in [2.75, 3.05) is 6.61 Å². The van der Waals surface area contributed by atoms with E-state index >= 15 is 0 Å². The van der Waals surface area contributed by atoms with Crippen LogP contribution in [0, 0.1) is 6.92 Å². The number of hydrogen-bond acceptors (Lipinski definition) is 3. The number of rotatable bonds is 1. The zero-order chi connectivity index (χ0) is 10.1. The first-order chi connectivity index (χ1) is 6.66. The van der Waals surface area contributed by atoms with Gasteiger partial charge in [0, 0.05) is 5.56 Å². The van der Waals surface area contributed by atoms with E-state index in [1.165, 1.54) is 0 Å². The van der Waals surface area contributed by atoms with Crippen molar-refractivity contribution in [2.24, 2.45) is 0 Å². The van der Waals surface area contributed by atoms with Crippen LogP contribution in [0.4, 0.5) is 4.79 Å². The molecule has 1 aromatic rings. The summed E-state index contributed by atoms with van der Waals surface area (Å²) in [5.74, 6) is 0.195. The molecule has 1 saturated heterocycles. The Kier molecular flexibility index (Phi) is 3.42. The first kappa shape index (κ1) is 11.7. The van der Waals surface area contributed by atoms with Crippen LogP contribution in [0.3, 0.4) is 0 Å². The zero-order valence-electron chi connectivity index (χ0n) is 8.19. The second-order valence-corrected chi connectivity index (χ2v) is 3.36. The van der Waals surface area contributed by atoms with Gasteiger partial charge in [0.1, 0.15) is 12.4 Å². The number of phenolic OH excluding ortho intramolecular Hbond substituents is 1. The number of phenols is 1. The molecule has 0 unspecified atom stereocenters. The number of ether oxygens (including phenoxy) is 1. The van der Waals surface area contributed by atoms with E-state index in [1.54, 1.807) is 12.1 Å². The van der Waals surface area contributed by atoms with Crippen LogP contribution < -0.4 is 5.32 Å². The Balaban J connectivity index is 0.00000112. The van der Waals surface area contributed by atoms with Gasteiger partial charge in [-0.15, -0.1) is 12.4 Å². The molecule has 0 aliphatic carbocycles. The molecule has 1 aliphatic heterocycles. The van der Waals surface area contributed by atoms with Gasteiger partial charge in [0.2, 0.25) is 0 Å². The van der Waals surface area contributed by atoms with Gasteiger partial charge in [-0.25, -0.2) is 4.79 Å². The Morgan fingerprint density at radius 1 is 1.53 bits per heavy atom. The third-order valence-corrected chi connectivity index (χ3v) is 2.23. The van der Waals surface area contributed by atoms with Crippen molar-refractivity contribution >= 4 is 18.5 Å². The first-order valence-corrected chi connectivity index (χ1v) is 4.39. The van der Waals surface area contributed by atoms with E-state index < -0.39 is 6.09 Å². The van der Waals surface area contributed by atoms with E-state index in [4.69, 9.17) is 4.74 Å². The Hall–Kier alpha value is -1.42. The van der Waals surface area contributed by atoms with E-state index in [2.05, 4.69) is 5.32 Å². The molecule has 0 radical (unpaired) electrons. The number of halogens is 1. The van der Waals surface area contributed by atoms with Gasteiger partial charge < -0.3 is 15.2 Å². The normalized spacial score (nSPS) is 19.0. The highest BCUT2D eigenvalue weighted by Crippen LogP contribution is 2.27. The summed E-state index contributed by atoms with van der Waals surface area (Å²) in [5.41, 5.74) is 1.68. The summed E-state index contributed by atoms with van der Waals surface area (Å²) in [6.07, 6.45) is -0.435. The molecule has 1 aromatic carbocycles. The van der Waals surface area contributed by atoms with Crippen molar-refractivity contribution in [1.29, 1.82) is 0 Å². The Labute approximate surface area is 93.7 Å². The van der Waals surface area contributed by atoms with Gasteiger partial charge in [-0.05, 0) is 18.6 Å². The number of amides is 1. The second-order valence-electron chi connectivity index (χ2n) is 3.36. The highest BCUT2D eigenvalue weighted by Gasteiger charge is 2.25. The molecule has 1 aliphatic rings. The van der Waals surface area contributed by atoms with E-state index in [1.807, 2.05) is 13.0 Å². The molecule has 2 N–H and O–H groups in total. The summed E-state index contributed by atoms with van der Waals surface area (Å²) in [7, 11) is 0. The smallest absolute Gasteiger partial charge is 0.407 e. The number of hydrogen-bond donors (Lipinski definition) is 2. The maximum atomic E-state index is 10.8. The minimum atomic E-state index is -0.435. The summed E-state index contributed by atoms with van der Waals surface area (Å²) in [6.45, 7) is 2.17. The monoisotopic (exact) mass is 229 g/mol. The highest BCUT2D eigenvalue weighted by molar-refractivity contribution is 5.85. The molecule has 1 heterocycles. The molecule has 82 valence electrons. The average Bonchev–Trinajstić information content (AvgIpc) is 2.51. The predicted octanol–water partition coefficient (Wildman–Crippen LogP) is 1.90. The fourth-order valence-corrected chi connectivity index (χ4v) is 1.50. The lowest BCUT2D eigenvalue weighted by Gasteiger charge is -2.09. The predicted molar refractivity (Wildman–Crippen MR) is 57.3 cm³/mol. The Morgan fingerprint density at radius 2 is 2.27 bits per heavy atom. The first-order valence-electron chi connectivity index (χ1n) is 4.39. The summed E-state index contributed by atoms with van der Waals surface area (Å²) < 4.78 is 4.74. The molecule has 15 heavy (non-hydrogen) atoms. The third kappa shape index (κ3) is 2.33. The third-order valence-electron chi connectivity index (χ3n) is 2.23. The van der Waals surface area contributed by atoms with Crippen LogP contribution in [0.25, 0.3) is 0 Å². The van der Waals surface area contributed by atoms with Gasteiger partial charge in [-0.1, -0.05) is 12.1 Å². The van der Waals surface area contributed by atoms with Crippen LogP contribution >= 0.6 is 12.4 Å². The van der Waals surface area contributed by atoms with Gasteiger partial charge in [-0.2, -0.15) is 0 Å². The largest absolute Gasteiger partial charge is 0.508 e. The lowest BCUT2D eigenvalue weighted by molar-refractivity contribution is 0.177. The molecular formula is C10H12ClNO3. The Morgan fingerprint density at radius 3 is 2.80 bits per heavy atom. The molecular weight excluding hydrogens is 218 g/mol. The van der Waals surface area contributed by atoms with Crippen LogP contribution in [0.15, 0.2) is 18.2 Å². The standard InChI is InChI=1S/C10H11NO3.ClH/c1-6-2-3-7(9(12)4-6)8-5-14-10(13)11-8;/h2-4,8,12H,5H2,1H3,(H,11,13);1H/t8-;/m1./s1. The Bertz CT molecular complexity index is 381. The number of aryl methyl sites for hydroxylation is 1. The van der Waals surface area contributed by atoms with E-state index in [0.717, 1.165) is 5.56 Å². The molecule has 0 bridgehead atoms. The van der Waals surface area contributed by atoms with E-state index in [9.17, 15) is 9.90 Å². The van der Waals surface area contributed by atoms with E-state index in [0.29, 0.717) is 5.56 Å². The van der Waals surface area contributed by atoms with Gasteiger partial charge >= 0.3 is 6.09 Å². The molecule has 0 saturated carbocycles. The number of alkyl carbamates (subject to hydrolysis) is 1. The summed E-state index contributed by atoms with van der Waals surface area (Å²) >= 11 is 0. The molecule has 2 rings (SSSR count). The molecule has 5 heteroatoms. The maximum Gasteiger partial charge on any atom is 0.407 e. The minimum absolute atomic E-state index is 0. The number of nitrogens with one attached hydrogen (secondary N) is 1. The summed E-state index contributed by atoms with van der Waals surface area (Å²) in [4.78, 5) is 10.8. The molecule has 1 atom stereocenters. The average molecular weight is 230 g/mol. The summed E-state index contributed by atoms with van der Waals surface area (Å²) in [5, 5.41) is 12.2. The van der Waals surface area contributed by atoms with Crippen LogP contribution in [0.2, 0.25) is 0 Å². The number of carbonyl (C=O) groups excluding carboxylic acids is 1. The van der Waals surface area contributed by atoms with Gasteiger partial charge in [-0.3, -0.25) is 0 Å². The zero-order valence-corrected chi connectivity index (χ0v) is 9.00. The molecule has 0 aromatic heterocycles. The van der Waals surface area contributed by atoms with Crippen molar-refractivity contribution in [3.8, 4) is 5.75 Å². The van der Waals surface area contributed by atoms with E-state index in [-0.39, 0.29) is 30.8 Å². The van der Waals surface area contributed by atoms with Crippen molar-refractivity contribution < 1.29 is 14.6 Å². The van der Waals surface area contributed by atoms with Gasteiger partial charge in [0.05, 0.1) is 6.04 Å². The van der Waals surface area contributed by atoms with Crippen LogP contribution in [-0.2, 0) is 4.74 Å². The molecule has 4 nitrogen and oxygen atoms in total. The number of aromatic hydroxyl groups is 1. The molecule has 1 fully saturated rings. The van der Waals surface area contributed by atoms with Gasteiger partial charge in [0.25, 0.3) is 0 Å². The molecule has 1 amide bonds. The topological polar surface area (TPSA) is 58.6 Å². The lowest BCUT2D eigenvalue weighted by Crippen LogP contribution is -2.18. The maximum absolute atomic E-state index is 10.8. The van der Waals surface area contributed by atoms with Gasteiger partial charge in [0.15, 0.2) is 0 Å². The summed E-state index contributed by atoms with van der Waals surface area (Å²) in [6, 6.07) is 5.12. The van der Waals surface area contributed by atoms with Crippen molar-refractivity contribution in [3.05, 3.63) is 29.3 Å². The lowest BCUT2D eigenvalue weighted by atomic mass is 10.1. The van der Waals surface area contributed by atoms with Crippen molar-refractivity contribution in [3.63, 3.8) is 0 Å². The highest BCUT2D eigenvalue weighted by atomic mass is 35.5. The fraction of sp³-hybridized carbons (Fsp3) is 0.300. The fourth-order valence-electron chi connectivity index (χ4n) is 1.50.